The quantitative estimate of drug-likeness (QED) is 0.821. The predicted molar refractivity (Wildman–Crippen MR) is 91.5 cm³/mol. The zero-order chi connectivity index (χ0) is 16.8. The van der Waals surface area contributed by atoms with Crippen LogP contribution >= 0.6 is 0 Å². The minimum absolute atomic E-state index is 0.281. The van der Waals surface area contributed by atoms with Crippen LogP contribution < -0.4 is 5.32 Å². The van der Waals surface area contributed by atoms with Gasteiger partial charge >= 0.3 is 0 Å². The van der Waals surface area contributed by atoms with Gasteiger partial charge in [-0.2, -0.15) is 10.5 Å². The number of piperidine rings is 1. The van der Waals surface area contributed by atoms with E-state index in [0.717, 1.165) is 31.2 Å². The van der Waals surface area contributed by atoms with E-state index >= 15 is 0 Å². The second-order valence-electron chi connectivity index (χ2n) is 6.23. The van der Waals surface area contributed by atoms with E-state index in [1.165, 1.54) is 18.4 Å². The molecule has 2 heterocycles. The third-order valence-corrected chi connectivity index (χ3v) is 4.16. The third-order valence-electron chi connectivity index (χ3n) is 4.16. The number of nitrogens with zero attached hydrogens (tertiary/aromatic N) is 5. The average Bonchev–Trinajstić information content (AvgIpc) is 3.10. The molecule has 0 radical (unpaired) electrons. The lowest BCUT2D eigenvalue weighted by Crippen LogP contribution is -2.33. The number of nitrogens with one attached hydrogen (secondary N) is 2. The Morgan fingerprint density at radius 2 is 2.46 bits per heavy atom. The number of rotatable bonds is 5. The molecule has 7 heteroatoms. The van der Waals surface area contributed by atoms with Crippen molar-refractivity contribution in [2.45, 2.75) is 26.3 Å². The summed E-state index contributed by atoms with van der Waals surface area (Å²) in [4.78, 5) is 2.50. The first-order chi connectivity index (χ1) is 11.7. The van der Waals surface area contributed by atoms with E-state index in [1.54, 1.807) is 6.20 Å². The SMILES string of the molecule is CC1CCCN(Cc2cccc(NC=C(C#N)c3nn[nH]n3)c2)C1. The lowest BCUT2D eigenvalue weighted by Gasteiger charge is -2.30. The Labute approximate surface area is 141 Å². The van der Waals surface area contributed by atoms with Gasteiger partial charge in [0.2, 0.25) is 5.82 Å². The van der Waals surface area contributed by atoms with Crippen molar-refractivity contribution in [3.05, 3.63) is 41.9 Å². The van der Waals surface area contributed by atoms with Crippen LogP contribution in [0.2, 0.25) is 0 Å². The van der Waals surface area contributed by atoms with Gasteiger partial charge in [0.1, 0.15) is 11.6 Å². The van der Waals surface area contributed by atoms with E-state index in [1.807, 2.05) is 12.1 Å². The van der Waals surface area contributed by atoms with Crippen LogP contribution in [0.1, 0.15) is 31.2 Å². The Morgan fingerprint density at radius 3 is 3.21 bits per heavy atom. The molecule has 1 fully saturated rings. The monoisotopic (exact) mass is 323 g/mol. The molecule has 0 bridgehead atoms. The molecule has 0 amide bonds. The van der Waals surface area contributed by atoms with Gasteiger partial charge in [0.15, 0.2) is 0 Å². The Morgan fingerprint density at radius 1 is 1.54 bits per heavy atom. The molecule has 124 valence electrons. The lowest BCUT2D eigenvalue weighted by atomic mass is 10.00. The minimum atomic E-state index is 0.281. The summed E-state index contributed by atoms with van der Waals surface area (Å²) in [6, 6.07) is 10.3. The molecule has 1 aromatic carbocycles. The van der Waals surface area contributed by atoms with Gasteiger partial charge in [-0.1, -0.05) is 19.1 Å². The molecule has 1 aliphatic heterocycles. The molecule has 7 nitrogen and oxygen atoms in total. The number of nitriles is 1. The number of allylic oxidation sites excluding steroid dienone is 1. The Balaban J connectivity index is 1.66. The van der Waals surface area contributed by atoms with Gasteiger partial charge in [-0.05, 0) is 48.2 Å². The maximum atomic E-state index is 9.18. The topological polar surface area (TPSA) is 93.5 Å². The highest BCUT2D eigenvalue weighted by atomic mass is 15.5. The minimum Gasteiger partial charge on any atom is -0.360 e. The van der Waals surface area contributed by atoms with Gasteiger partial charge in [-0.25, -0.2) is 0 Å². The van der Waals surface area contributed by atoms with Crippen LogP contribution in [0.25, 0.3) is 5.57 Å². The van der Waals surface area contributed by atoms with E-state index in [2.05, 4.69) is 56.0 Å². The van der Waals surface area contributed by atoms with Gasteiger partial charge in [0.05, 0.1) is 0 Å². The molecule has 0 saturated carbocycles. The van der Waals surface area contributed by atoms with E-state index in [0.29, 0.717) is 5.57 Å². The fourth-order valence-electron chi connectivity index (χ4n) is 3.03. The fraction of sp³-hybridized carbons (Fsp3) is 0.412. The van der Waals surface area contributed by atoms with Crippen LogP contribution in [0, 0.1) is 17.2 Å². The van der Waals surface area contributed by atoms with Crippen molar-refractivity contribution in [3.63, 3.8) is 0 Å². The summed E-state index contributed by atoms with van der Waals surface area (Å²) in [6.45, 7) is 5.60. The highest BCUT2D eigenvalue weighted by molar-refractivity contribution is 5.74. The Bertz CT molecular complexity index is 730. The van der Waals surface area contributed by atoms with Gasteiger partial charge in [-0.3, -0.25) is 4.90 Å². The van der Waals surface area contributed by atoms with Crippen LogP contribution in [-0.2, 0) is 6.54 Å². The van der Waals surface area contributed by atoms with Gasteiger partial charge in [-0.15, -0.1) is 10.2 Å². The largest absolute Gasteiger partial charge is 0.360 e. The molecule has 1 atom stereocenters. The van der Waals surface area contributed by atoms with Crippen LogP contribution in [0.5, 0.6) is 0 Å². The molecule has 24 heavy (non-hydrogen) atoms. The number of hydrogen-bond acceptors (Lipinski definition) is 6. The zero-order valence-electron chi connectivity index (χ0n) is 13.7. The van der Waals surface area contributed by atoms with E-state index in [-0.39, 0.29) is 5.82 Å². The number of anilines is 1. The maximum absolute atomic E-state index is 9.18. The maximum Gasteiger partial charge on any atom is 0.216 e. The van der Waals surface area contributed by atoms with E-state index in [9.17, 15) is 5.26 Å². The molecule has 1 aliphatic rings. The number of likely N-dealkylation sites (tertiary alicyclic amines) is 1. The summed E-state index contributed by atoms with van der Waals surface area (Å²) < 4.78 is 0. The second kappa shape index (κ2) is 7.70. The van der Waals surface area contributed by atoms with Crippen molar-refractivity contribution >= 4 is 11.3 Å². The standard InChI is InChI=1S/C17H21N7/c1-13-4-3-7-24(11-13)12-14-5-2-6-16(8-14)19-10-15(9-18)17-20-22-23-21-17/h2,5-6,8,10,13,19H,3-4,7,11-12H2,1H3,(H,20,21,22,23). The summed E-state index contributed by atoms with van der Waals surface area (Å²) in [5.41, 5.74) is 2.54. The Hall–Kier alpha value is -2.72. The molecular weight excluding hydrogens is 302 g/mol. The van der Waals surface area contributed by atoms with Crippen molar-refractivity contribution in [2.75, 3.05) is 18.4 Å². The lowest BCUT2D eigenvalue weighted by molar-refractivity contribution is 0.176. The fourth-order valence-corrected chi connectivity index (χ4v) is 3.03. The molecule has 0 spiro atoms. The number of tetrazole rings is 1. The van der Waals surface area contributed by atoms with Gasteiger partial charge in [0.25, 0.3) is 0 Å². The van der Waals surface area contributed by atoms with Crippen molar-refractivity contribution in [3.8, 4) is 6.07 Å². The third kappa shape index (κ3) is 4.18. The summed E-state index contributed by atoms with van der Waals surface area (Å²) in [6.07, 6.45) is 4.21. The second-order valence-corrected chi connectivity index (χ2v) is 6.23. The first kappa shape index (κ1) is 16.1. The molecular formula is C17H21N7. The number of benzene rings is 1. The highest BCUT2D eigenvalue weighted by Crippen LogP contribution is 2.19. The smallest absolute Gasteiger partial charge is 0.216 e. The molecule has 0 aliphatic carbocycles. The average molecular weight is 323 g/mol. The number of hydrogen-bond donors (Lipinski definition) is 2. The summed E-state index contributed by atoms with van der Waals surface area (Å²) in [7, 11) is 0. The first-order valence-corrected chi connectivity index (χ1v) is 8.16. The Kier molecular flexibility index (Phi) is 5.18. The van der Waals surface area contributed by atoms with Crippen LogP contribution in [0.15, 0.2) is 30.5 Å². The molecule has 1 unspecified atom stereocenters. The molecule has 3 rings (SSSR count). The van der Waals surface area contributed by atoms with Crippen molar-refractivity contribution in [1.29, 1.82) is 5.26 Å². The number of H-pyrrole nitrogens is 1. The van der Waals surface area contributed by atoms with Gasteiger partial charge in [0, 0.05) is 25.0 Å². The van der Waals surface area contributed by atoms with Crippen LogP contribution in [0.4, 0.5) is 5.69 Å². The van der Waals surface area contributed by atoms with Crippen LogP contribution in [-0.4, -0.2) is 38.6 Å². The number of aromatic nitrogens is 4. The van der Waals surface area contributed by atoms with E-state index < -0.39 is 0 Å². The van der Waals surface area contributed by atoms with Crippen molar-refractivity contribution in [1.82, 2.24) is 25.5 Å². The normalized spacial score (nSPS) is 19.0. The molecule has 1 saturated heterocycles. The van der Waals surface area contributed by atoms with Crippen molar-refractivity contribution in [2.24, 2.45) is 5.92 Å². The van der Waals surface area contributed by atoms with E-state index in [4.69, 9.17) is 0 Å². The summed E-state index contributed by atoms with van der Waals surface area (Å²) >= 11 is 0. The summed E-state index contributed by atoms with van der Waals surface area (Å²) in [5.74, 6) is 1.06. The molecule has 1 aromatic heterocycles. The van der Waals surface area contributed by atoms with Crippen LogP contribution in [0.3, 0.4) is 0 Å². The number of aromatic amines is 1. The highest BCUT2D eigenvalue weighted by Gasteiger charge is 2.16. The molecule has 2 aromatic rings. The van der Waals surface area contributed by atoms with Crippen molar-refractivity contribution < 1.29 is 0 Å². The summed E-state index contributed by atoms with van der Waals surface area (Å²) in [5, 5.41) is 25.8. The van der Waals surface area contributed by atoms with Gasteiger partial charge < -0.3 is 5.32 Å². The predicted octanol–water partition coefficient (Wildman–Crippen LogP) is 2.41. The first-order valence-electron chi connectivity index (χ1n) is 8.16. The molecule has 2 N–H and O–H groups in total. The zero-order valence-corrected chi connectivity index (χ0v) is 13.7.